The van der Waals surface area contributed by atoms with E-state index < -0.39 is 6.10 Å². The molecule has 6 nitrogen and oxygen atoms in total. The lowest BCUT2D eigenvalue weighted by Crippen LogP contribution is -2.49. The van der Waals surface area contributed by atoms with Crippen LogP contribution in [0.5, 0.6) is 11.5 Å². The smallest absolute Gasteiger partial charge is 0.253 e. The molecule has 0 bridgehead atoms. The Balaban J connectivity index is 0.00000280. The average molecular weight is 427 g/mol. The van der Waals surface area contributed by atoms with Crippen molar-refractivity contribution in [2.75, 3.05) is 33.4 Å². The van der Waals surface area contributed by atoms with Crippen LogP contribution in [0.1, 0.15) is 17.4 Å². The summed E-state index contributed by atoms with van der Waals surface area (Å²) in [6.07, 6.45) is -0.408. The molecule has 1 saturated heterocycles. The van der Waals surface area contributed by atoms with Gasteiger partial charge in [0, 0.05) is 31.1 Å². The number of morpholine rings is 1. The number of ether oxygens (including phenoxy) is 3. The molecule has 1 amide bonds. The Hall–Kier alpha value is -1.80. The molecule has 1 aromatic carbocycles. The molecule has 2 aromatic rings. The molecule has 0 spiro atoms. The lowest BCUT2D eigenvalue weighted by atomic mass is 10.1. The summed E-state index contributed by atoms with van der Waals surface area (Å²) in [5.41, 5.74) is 0.995. The molecule has 1 aliphatic heterocycles. The SMILES string of the molecule is CCN(Cc1ccc(OCc2cccs2)c(OC)c1)C(=O)C1CNCCO1.Cl. The van der Waals surface area contributed by atoms with Crippen LogP contribution in [0, 0.1) is 0 Å². The molecule has 1 fully saturated rings. The minimum Gasteiger partial charge on any atom is -0.493 e. The Morgan fingerprint density at radius 2 is 2.21 bits per heavy atom. The van der Waals surface area contributed by atoms with E-state index in [-0.39, 0.29) is 18.3 Å². The number of halogens is 1. The van der Waals surface area contributed by atoms with Gasteiger partial charge in [0.1, 0.15) is 12.7 Å². The van der Waals surface area contributed by atoms with Gasteiger partial charge >= 0.3 is 0 Å². The summed E-state index contributed by atoms with van der Waals surface area (Å²) in [4.78, 5) is 15.7. The van der Waals surface area contributed by atoms with Gasteiger partial charge in [-0.25, -0.2) is 0 Å². The third-order valence-corrected chi connectivity index (χ3v) is 5.30. The Kier molecular flexibility index (Phi) is 9.05. The maximum atomic E-state index is 12.7. The highest BCUT2D eigenvalue weighted by Crippen LogP contribution is 2.30. The van der Waals surface area contributed by atoms with Crippen LogP contribution in [0.15, 0.2) is 35.7 Å². The summed E-state index contributed by atoms with van der Waals surface area (Å²) < 4.78 is 17.0. The van der Waals surface area contributed by atoms with Crippen molar-refractivity contribution in [1.29, 1.82) is 0 Å². The number of nitrogens with one attached hydrogen (secondary N) is 1. The van der Waals surface area contributed by atoms with Crippen molar-refractivity contribution in [2.45, 2.75) is 26.2 Å². The van der Waals surface area contributed by atoms with E-state index in [0.29, 0.717) is 44.3 Å². The lowest BCUT2D eigenvalue weighted by molar-refractivity contribution is -0.145. The van der Waals surface area contributed by atoms with Crippen molar-refractivity contribution in [1.82, 2.24) is 10.2 Å². The quantitative estimate of drug-likeness (QED) is 0.702. The van der Waals surface area contributed by atoms with E-state index in [0.717, 1.165) is 17.0 Å². The first kappa shape index (κ1) is 22.5. The van der Waals surface area contributed by atoms with Crippen LogP contribution < -0.4 is 14.8 Å². The van der Waals surface area contributed by atoms with Gasteiger partial charge in [-0.05, 0) is 36.1 Å². The highest BCUT2D eigenvalue weighted by molar-refractivity contribution is 7.09. The molecule has 0 radical (unpaired) electrons. The van der Waals surface area contributed by atoms with Gasteiger partial charge in [0.2, 0.25) is 0 Å². The number of carbonyl (C=O) groups is 1. The second kappa shape index (κ2) is 11.3. The molecule has 1 aromatic heterocycles. The fraction of sp³-hybridized carbons (Fsp3) is 0.450. The van der Waals surface area contributed by atoms with E-state index in [9.17, 15) is 4.79 Å². The molecular formula is C20H27ClN2O4S. The molecule has 154 valence electrons. The van der Waals surface area contributed by atoms with Crippen LogP contribution in [0.4, 0.5) is 0 Å². The van der Waals surface area contributed by atoms with Crippen LogP contribution in [-0.4, -0.2) is 50.3 Å². The molecule has 1 N–H and O–H groups in total. The normalized spacial score (nSPS) is 16.1. The second-order valence-corrected chi connectivity index (χ2v) is 7.30. The van der Waals surface area contributed by atoms with E-state index in [1.165, 1.54) is 0 Å². The first-order chi connectivity index (χ1) is 13.2. The van der Waals surface area contributed by atoms with Gasteiger partial charge in [0.15, 0.2) is 11.5 Å². The Morgan fingerprint density at radius 1 is 1.36 bits per heavy atom. The van der Waals surface area contributed by atoms with Crippen molar-refractivity contribution in [2.24, 2.45) is 0 Å². The van der Waals surface area contributed by atoms with Gasteiger partial charge < -0.3 is 24.4 Å². The summed E-state index contributed by atoms with van der Waals surface area (Å²) in [5.74, 6) is 1.38. The van der Waals surface area contributed by atoms with Crippen molar-refractivity contribution in [3.05, 3.63) is 46.2 Å². The summed E-state index contributed by atoms with van der Waals surface area (Å²) in [6.45, 7) is 5.55. The summed E-state index contributed by atoms with van der Waals surface area (Å²) in [5, 5.41) is 5.23. The highest BCUT2D eigenvalue weighted by atomic mass is 35.5. The molecule has 3 rings (SSSR count). The number of amides is 1. The fourth-order valence-electron chi connectivity index (χ4n) is 2.97. The van der Waals surface area contributed by atoms with Crippen molar-refractivity contribution in [3.8, 4) is 11.5 Å². The molecule has 0 saturated carbocycles. The molecule has 1 unspecified atom stereocenters. The maximum absolute atomic E-state index is 12.7. The van der Waals surface area contributed by atoms with Crippen molar-refractivity contribution >= 4 is 29.7 Å². The highest BCUT2D eigenvalue weighted by Gasteiger charge is 2.26. The standard InChI is InChI=1S/C20H26N2O4S.ClH/c1-3-22(20(23)19-12-21-8-9-25-19)13-15-6-7-17(18(11-15)24-2)26-14-16-5-4-10-27-16;/h4-7,10-11,19,21H,3,8-9,12-14H2,1-2H3;1H. The molecule has 8 heteroatoms. The average Bonchev–Trinajstić information content (AvgIpc) is 3.24. The number of methoxy groups -OCH3 is 1. The third-order valence-electron chi connectivity index (χ3n) is 4.45. The van der Waals surface area contributed by atoms with Gasteiger partial charge in [0.25, 0.3) is 5.91 Å². The van der Waals surface area contributed by atoms with Crippen LogP contribution in [0.2, 0.25) is 0 Å². The molecular weight excluding hydrogens is 400 g/mol. The minimum absolute atomic E-state index is 0. The summed E-state index contributed by atoms with van der Waals surface area (Å²) >= 11 is 1.66. The van der Waals surface area contributed by atoms with E-state index >= 15 is 0 Å². The number of carbonyl (C=O) groups excluding carboxylic acids is 1. The molecule has 28 heavy (non-hydrogen) atoms. The fourth-order valence-corrected chi connectivity index (χ4v) is 3.58. The predicted molar refractivity (Wildman–Crippen MR) is 113 cm³/mol. The predicted octanol–water partition coefficient (Wildman–Crippen LogP) is 3.09. The summed E-state index contributed by atoms with van der Waals surface area (Å²) in [6, 6.07) is 9.85. The third kappa shape index (κ3) is 5.85. The van der Waals surface area contributed by atoms with Crippen LogP contribution in [0.25, 0.3) is 0 Å². The molecule has 2 heterocycles. The molecule has 1 atom stereocenters. The van der Waals surface area contributed by atoms with Gasteiger partial charge in [-0.1, -0.05) is 12.1 Å². The zero-order valence-corrected chi connectivity index (χ0v) is 17.8. The Morgan fingerprint density at radius 3 is 2.86 bits per heavy atom. The zero-order chi connectivity index (χ0) is 19.1. The molecule has 0 aliphatic carbocycles. The first-order valence-corrected chi connectivity index (χ1v) is 10.0. The monoisotopic (exact) mass is 426 g/mol. The number of nitrogens with zero attached hydrogens (tertiary/aromatic N) is 1. The number of hydrogen-bond donors (Lipinski definition) is 1. The first-order valence-electron chi connectivity index (χ1n) is 9.14. The van der Waals surface area contributed by atoms with E-state index in [1.54, 1.807) is 23.3 Å². The number of rotatable bonds is 8. The largest absolute Gasteiger partial charge is 0.493 e. The van der Waals surface area contributed by atoms with E-state index in [1.807, 2.05) is 42.6 Å². The number of thiophene rings is 1. The Bertz CT molecular complexity index is 736. The van der Waals surface area contributed by atoms with E-state index in [4.69, 9.17) is 14.2 Å². The van der Waals surface area contributed by atoms with Crippen LogP contribution in [-0.2, 0) is 22.7 Å². The van der Waals surface area contributed by atoms with Gasteiger partial charge in [0.05, 0.1) is 13.7 Å². The van der Waals surface area contributed by atoms with Crippen molar-refractivity contribution < 1.29 is 19.0 Å². The number of likely N-dealkylation sites (N-methyl/N-ethyl adjacent to an activating group) is 1. The zero-order valence-electron chi connectivity index (χ0n) is 16.2. The Labute approximate surface area is 176 Å². The van der Waals surface area contributed by atoms with Crippen molar-refractivity contribution in [3.63, 3.8) is 0 Å². The van der Waals surface area contributed by atoms with Crippen LogP contribution >= 0.6 is 23.7 Å². The number of hydrogen-bond acceptors (Lipinski definition) is 6. The lowest BCUT2D eigenvalue weighted by Gasteiger charge is -2.29. The van der Waals surface area contributed by atoms with Gasteiger partial charge in [-0.15, -0.1) is 23.7 Å². The van der Waals surface area contributed by atoms with Gasteiger partial charge in [-0.2, -0.15) is 0 Å². The minimum atomic E-state index is -0.408. The van der Waals surface area contributed by atoms with E-state index in [2.05, 4.69) is 5.32 Å². The van der Waals surface area contributed by atoms with Gasteiger partial charge in [-0.3, -0.25) is 4.79 Å². The topological polar surface area (TPSA) is 60.0 Å². The number of benzene rings is 1. The van der Waals surface area contributed by atoms with Crippen LogP contribution in [0.3, 0.4) is 0 Å². The molecule has 1 aliphatic rings. The maximum Gasteiger partial charge on any atom is 0.253 e. The summed E-state index contributed by atoms with van der Waals surface area (Å²) in [7, 11) is 1.63. The second-order valence-electron chi connectivity index (χ2n) is 6.27.